The molecule has 1 aromatic carbocycles. The Hall–Kier alpha value is -2.84. The molecule has 1 aliphatic rings. The van der Waals surface area contributed by atoms with Crippen molar-refractivity contribution in [1.29, 1.82) is 0 Å². The summed E-state index contributed by atoms with van der Waals surface area (Å²) in [7, 11) is 0. The van der Waals surface area contributed by atoms with E-state index in [1.165, 1.54) is 5.56 Å². The van der Waals surface area contributed by atoms with Crippen molar-refractivity contribution in [2.24, 2.45) is 0 Å². The zero-order valence-corrected chi connectivity index (χ0v) is 14.2. The average Bonchev–Trinajstić information content (AvgIpc) is 3.22. The second-order valence-electron chi connectivity index (χ2n) is 6.23. The largest absolute Gasteiger partial charge is 0.347 e. The highest BCUT2D eigenvalue weighted by atomic mass is 16.5. The van der Waals surface area contributed by atoms with Gasteiger partial charge in [0.25, 0.3) is 0 Å². The maximum absolute atomic E-state index is 5.33. The van der Waals surface area contributed by atoms with E-state index < -0.39 is 0 Å². The van der Waals surface area contributed by atoms with Gasteiger partial charge in [0, 0.05) is 49.5 Å². The Morgan fingerprint density at radius 1 is 1.24 bits per heavy atom. The molecule has 1 saturated heterocycles. The van der Waals surface area contributed by atoms with Crippen molar-refractivity contribution in [2.75, 3.05) is 13.1 Å². The van der Waals surface area contributed by atoms with Crippen LogP contribution in [0.1, 0.15) is 41.2 Å². The average molecular weight is 332 g/mol. The molecule has 3 heterocycles. The lowest BCUT2D eigenvalue weighted by atomic mass is 9.93. The molecule has 5 heteroatoms. The third-order valence-electron chi connectivity index (χ3n) is 4.50. The van der Waals surface area contributed by atoms with E-state index in [0.717, 1.165) is 36.6 Å². The molecule has 0 amide bonds. The van der Waals surface area contributed by atoms with E-state index in [1.54, 1.807) is 0 Å². The molecule has 1 fully saturated rings. The molecule has 1 N–H and O–H groups in total. The van der Waals surface area contributed by atoms with Gasteiger partial charge in [-0.05, 0) is 23.6 Å². The van der Waals surface area contributed by atoms with Gasteiger partial charge in [0.05, 0.1) is 6.54 Å². The molecule has 0 radical (unpaired) electrons. The monoisotopic (exact) mass is 332 g/mol. The Morgan fingerprint density at radius 3 is 2.80 bits per heavy atom. The van der Waals surface area contributed by atoms with Crippen LogP contribution in [0.15, 0.2) is 47.2 Å². The van der Waals surface area contributed by atoms with Gasteiger partial charge in [-0.3, -0.25) is 0 Å². The molecular weight excluding hydrogens is 312 g/mol. The number of aromatic nitrogens is 3. The molecule has 4 rings (SSSR count). The van der Waals surface area contributed by atoms with E-state index in [-0.39, 0.29) is 0 Å². The van der Waals surface area contributed by atoms with Crippen LogP contribution < -0.4 is 5.32 Å². The van der Waals surface area contributed by atoms with E-state index in [9.17, 15) is 0 Å². The highest BCUT2D eigenvalue weighted by molar-refractivity contribution is 5.41. The van der Waals surface area contributed by atoms with Gasteiger partial charge in [0.1, 0.15) is 11.5 Å². The molecule has 25 heavy (non-hydrogen) atoms. The SMILES string of the molecule is CCc1nccn1Cc1cc(C#Cc2ccc(C3CNC3)cc2)on1. The molecule has 2 aromatic heterocycles. The first-order valence-electron chi connectivity index (χ1n) is 8.60. The summed E-state index contributed by atoms with van der Waals surface area (Å²) >= 11 is 0. The van der Waals surface area contributed by atoms with E-state index in [0.29, 0.717) is 18.2 Å². The molecule has 126 valence electrons. The Labute approximate surface area is 147 Å². The number of benzene rings is 1. The van der Waals surface area contributed by atoms with E-state index in [2.05, 4.69) is 63.1 Å². The number of rotatable bonds is 4. The van der Waals surface area contributed by atoms with Gasteiger partial charge in [-0.15, -0.1) is 0 Å². The fraction of sp³-hybridized carbons (Fsp3) is 0.300. The molecule has 1 aliphatic heterocycles. The summed E-state index contributed by atoms with van der Waals surface area (Å²) in [4.78, 5) is 4.32. The molecular formula is C20H20N4O. The van der Waals surface area contributed by atoms with Crippen LogP contribution in [0.25, 0.3) is 0 Å². The molecule has 0 aliphatic carbocycles. The predicted molar refractivity (Wildman–Crippen MR) is 95.2 cm³/mol. The van der Waals surface area contributed by atoms with Crippen molar-refractivity contribution in [1.82, 2.24) is 20.0 Å². The van der Waals surface area contributed by atoms with Crippen LogP contribution >= 0.6 is 0 Å². The lowest BCUT2D eigenvalue weighted by molar-refractivity contribution is 0.401. The van der Waals surface area contributed by atoms with Crippen LogP contribution in [0.5, 0.6) is 0 Å². The third kappa shape index (κ3) is 3.49. The first-order valence-corrected chi connectivity index (χ1v) is 8.60. The topological polar surface area (TPSA) is 55.9 Å². The van der Waals surface area contributed by atoms with Crippen molar-refractivity contribution in [3.05, 3.63) is 71.1 Å². The summed E-state index contributed by atoms with van der Waals surface area (Å²) < 4.78 is 7.40. The van der Waals surface area contributed by atoms with Crippen molar-refractivity contribution in [3.8, 4) is 11.8 Å². The van der Waals surface area contributed by atoms with Crippen molar-refractivity contribution < 1.29 is 4.52 Å². The number of hydrogen-bond acceptors (Lipinski definition) is 4. The summed E-state index contributed by atoms with van der Waals surface area (Å²) in [6, 6.07) is 10.3. The van der Waals surface area contributed by atoms with Crippen molar-refractivity contribution in [2.45, 2.75) is 25.8 Å². The molecule has 0 bridgehead atoms. The van der Waals surface area contributed by atoms with Gasteiger partial charge in [0.15, 0.2) is 0 Å². The second-order valence-corrected chi connectivity index (χ2v) is 6.23. The fourth-order valence-corrected chi connectivity index (χ4v) is 2.91. The number of aryl methyl sites for hydroxylation is 1. The van der Waals surface area contributed by atoms with Crippen molar-refractivity contribution in [3.63, 3.8) is 0 Å². The van der Waals surface area contributed by atoms with Crippen molar-refractivity contribution >= 4 is 0 Å². The molecule has 0 saturated carbocycles. The number of imidazole rings is 1. The Kier molecular flexibility index (Phi) is 4.36. The Balaban J connectivity index is 1.43. The molecule has 0 atom stereocenters. The molecule has 0 unspecified atom stereocenters. The van der Waals surface area contributed by atoms with Crippen LogP contribution in [-0.2, 0) is 13.0 Å². The number of nitrogens with zero attached hydrogens (tertiary/aromatic N) is 3. The van der Waals surface area contributed by atoms with Gasteiger partial charge in [-0.25, -0.2) is 4.98 Å². The minimum Gasteiger partial charge on any atom is -0.347 e. The van der Waals surface area contributed by atoms with Gasteiger partial charge >= 0.3 is 0 Å². The molecule has 5 nitrogen and oxygen atoms in total. The van der Waals surface area contributed by atoms with E-state index >= 15 is 0 Å². The third-order valence-corrected chi connectivity index (χ3v) is 4.50. The summed E-state index contributed by atoms with van der Waals surface area (Å²) in [6.45, 7) is 4.88. The quantitative estimate of drug-likeness (QED) is 0.746. The number of hydrogen-bond donors (Lipinski definition) is 1. The second kappa shape index (κ2) is 6.96. The normalized spacial score (nSPS) is 14.0. The lowest BCUT2D eigenvalue weighted by Gasteiger charge is -2.27. The minimum atomic E-state index is 0.584. The smallest absolute Gasteiger partial charge is 0.210 e. The summed E-state index contributed by atoms with van der Waals surface area (Å²) in [6.07, 6.45) is 4.66. The zero-order chi connectivity index (χ0) is 17.1. The van der Waals surface area contributed by atoms with Crippen LogP contribution in [0.2, 0.25) is 0 Å². The lowest BCUT2D eigenvalue weighted by Crippen LogP contribution is -2.39. The van der Waals surface area contributed by atoms with Crippen LogP contribution in [0, 0.1) is 11.8 Å². The van der Waals surface area contributed by atoms with Gasteiger partial charge in [0.2, 0.25) is 5.76 Å². The molecule has 3 aromatic rings. The van der Waals surface area contributed by atoms with Crippen LogP contribution in [-0.4, -0.2) is 27.8 Å². The van der Waals surface area contributed by atoms with E-state index in [4.69, 9.17) is 4.52 Å². The standard InChI is InChI=1S/C20H20N4O/c1-2-20-22-9-10-24(20)14-18-11-19(25-23-18)8-5-15-3-6-16(7-4-15)17-12-21-13-17/h3-4,6-7,9-11,17,21H,2,12-14H2,1H3. The fourth-order valence-electron chi connectivity index (χ4n) is 2.91. The molecule has 0 spiro atoms. The van der Waals surface area contributed by atoms with E-state index in [1.807, 2.05) is 18.5 Å². The summed E-state index contributed by atoms with van der Waals surface area (Å²) in [5.74, 6) is 8.46. The van der Waals surface area contributed by atoms with Crippen LogP contribution in [0.4, 0.5) is 0 Å². The predicted octanol–water partition coefficient (Wildman–Crippen LogP) is 2.57. The maximum atomic E-state index is 5.33. The highest BCUT2D eigenvalue weighted by Crippen LogP contribution is 2.19. The highest BCUT2D eigenvalue weighted by Gasteiger charge is 2.18. The number of nitrogens with one attached hydrogen (secondary N) is 1. The minimum absolute atomic E-state index is 0.584. The van der Waals surface area contributed by atoms with Gasteiger partial charge in [-0.1, -0.05) is 30.1 Å². The summed E-state index contributed by atoms with van der Waals surface area (Å²) in [5.41, 5.74) is 3.21. The Morgan fingerprint density at radius 2 is 2.08 bits per heavy atom. The van der Waals surface area contributed by atoms with Gasteiger partial charge in [-0.2, -0.15) is 0 Å². The zero-order valence-electron chi connectivity index (χ0n) is 14.2. The first kappa shape index (κ1) is 15.7. The Bertz CT molecular complexity index is 907. The van der Waals surface area contributed by atoms with Crippen LogP contribution in [0.3, 0.4) is 0 Å². The maximum Gasteiger partial charge on any atom is 0.210 e. The summed E-state index contributed by atoms with van der Waals surface area (Å²) in [5, 5.41) is 7.39. The van der Waals surface area contributed by atoms with Gasteiger partial charge < -0.3 is 14.4 Å². The first-order chi connectivity index (χ1) is 12.3.